The maximum Gasteiger partial charge on any atom is -0.0412 e. The van der Waals surface area contributed by atoms with Gasteiger partial charge in [-0.3, -0.25) is 0 Å². The molecule has 2 fully saturated rings. The van der Waals surface area contributed by atoms with Crippen molar-refractivity contribution in [1.82, 2.24) is 0 Å². The lowest BCUT2D eigenvalue weighted by molar-refractivity contribution is 0.215. The van der Waals surface area contributed by atoms with E-state index in [-0.39, 0.29) is 0 Å². The maximum absolute atomic E-state index is 1.58. The summed E-state index contributed by atoms with van der Waals surface area (Å²) in [7, 11) is 0. The molecule has 0 bridgehead atoms. The summed E-state index contributed by atoms with van der Waals surface area (Å²) < 4.78 is 0. The molecule has 0 atom stereocenters. The monoisotopic (exact) mass is 152 g/mol. The van der Waals surface area contributed by atoms with Crippen LogP contribution >= 0.6 is 0 Å². The van der Waals surface area contributed by atoms with Gasteiger partial charge in [0, 0.05) is 0 Å². The molecule has 0 aliphatic heterocycles. The van der Waals surface area contributed by atoms with Crippen LogP contribution in [0.3, 0.4) is 0 Å². The van der Waals surface area contributed by atoms with Crippen molar-refractivity contribution in [1.29, 1.82) is 0 Å². The molecule has 0 aromatic carbocycles. The molecular weight excluding hydrogens is 132 g/mol. The molecule has 0 spiro atoms. The first-order valence-electron chi connectivity index (χ1n) is 5.45. The molecule has 11 heavy (non-hydrogen) atoms. The minimum absolute atomic E-state index is 1.13. The van der Waals surface area contributed by atoms with Gasteiger partial charge in [-0.1, -0.05) is 51.4 Å². The summed E-state index contributed by atoms with van der Waals surface area (Å²) in [6, 6.07) is 0. The Bertz CT molecular complexity index is 107. The summed E-state index contributed by atoms with van der Waals surface area (Å²) in [5, 5.41) is 0. The van der Waals surface area contributed by atoms with Gasteiger partial charge in [0.1, 0.15) is 0 Å². The average Bonchev–Trinajstić information content (AvgIpc) is 1.99. The van der Waals surface area contributed by atoms with Crippen LogP contribution in [0.5, 0.6) is 0 Å². The van der Waals surface area contributed by atoms with Crippen molar-refractivity contribution in [3.8, 4) is 0 Å². The zero-order valence-corrected chi connectivity index (χ0v) is 7.52. The van der Waals surface area contributed by atoms with Crippen molar-refractivity contribution in [2.45, 2.75) is 57.8 Å². The van der Waals surface area contributed by atoms with Crippen molar-refractivity contribution in [2.75, 3.05) is 0 Å². The van der Waals surface area contributed by atoms with E-state index >= 15 is 0 Å². The molecule has 0 heteroatoms. The molecule has 0 saturated heterocycles. The quantitative estimate of drug-likeness (QED) is 0.565. The Labute approximate surface area is 70.4 Å². The molecule has 2 saturated carbocycles. The van der Waals surface area contributed by atoms with Gasteiger partial charge in [-0.25, -0.2) is 0 Å². The minimum Gasteiger partial charge on any atom is -0.0533 e. The fraction of sp³-hybridized carbons (Fsp3) is 1.00. The van der Waals surface area contributed by atoms with E-state index in [0.717, 1.165) is 11.8 Å². The fourth-order valence-corrected chi connectivity index (χ4v) is 2.62. The molecule has 0 radical (unpaired) electrons. The molecule has 2 aliphatic rings. The molecule has 0 nitrogen and oxygen atoms in total. The van der Waals surface area contributed by atoms with Crippen LogP contribution in [0.4, 0.5) is 0 Å². The average molecular weight is 152 g/mol. The van der Waals surface area contributed by atoms with Gasteiger partial charge in [0.05, 0.1) is 0 Å². The Balaban J connectivity index is 1.67. The largest absolute Gasteiger partial charge is 0.0533 e. The van der Waals surface area contributed by atoms with E-state index in [1.807, 2.05) is 0 Å². The van der Waals surface area contributed by atoms with E-state index in [1.165, 1.54) is 25.7 Å². The summed E-state index contributed by atoms with van der Waals surface area (Å²) in [6.45, 7) is 0. The highest BCUT2D eigenvalue weighted by Gasteiger charge is 2.22. The Morgan fingerprint density at radius 2 is 1.18 bits per heavy atom. The molecule has 0 unspecified atom stereocenters. The van der Waals surface area contributed by atoms with Crippen LogP contribution in [0, 0.1) is 11.8 Å². The van der Waals surface area contributed by atoms with Crippen LogP contribution in [0.2, 0.25) is 0 Å². The third-order valence-corrected chi connectivity index (χ3v) is 3.62. The van der Waals surface area contributed by atoms with Gasteiger partial charge in [-0.15, -0.1) is 0 Å². The summed E-state index contributed by atoms with van der Waals surface area (Å²) in [5.41, 5.74) is 0. The molecular formula is C11H20. The minimum atomic E-state index is 1.13. The second kappa shape index (κ2) is 3.60. The molecule has 0 heterocycles. The Morgan fingerprint density at radius 1 is 0.636 bits per heavy atom. The first kappa shape index (κ1) is 7.64. The molecule has 2 aliphatic carbocycles. The van der Waals surface area contributed by atoms with E-state index in [1.54, 1.807) is 32.1 Å². The first-order chi connectivity index (χ1) is 5.45. The van der Waals surface area contributed by atoms with Crippen molar-refractivity contribution >= 4 is 0 Å². The van der Waals surface area contributed by atoms with Gasteiger partial charge in [-0.2, -0.15) is 0 Å². The highest BCUT2D eigenvalue weighted by Crippen LogP contribution is 2.37. The molecule has 0 N–H and O–H groups in total. The lowest BCUT2D eigenvalue weighted by Gasteiger charge is -2.31. The molecule has 0 amide bonds. The van der Waals surface area contributed by atoms with Gasteiger partial charge in [-0.05, 0) is 18.3 Å². The van der Waals surface area contributed by atoms with E-state index in [2.05, 4.69) is 0 Å². The van der Waals surface area contributed by atoms with E-state index in [4.69, 9.17) is 0 Å². The van der Waals surface area contributed by atoms with E-state index < -0.39 is 0 Å². The summed E-state index contributed by atoms with van der Waals surface area (Å²) in [4.78, 5) is 0. The van der Waals surface area contributed by atoms with Gasteiger partial charge >= 0.3 is 0 Å². The van der Waals surface area contributed by atoms with Gasteiger partial charge < -0.3 is 0 Å². The topological polar surface area (TPSA) is 0 Å². The molecule has 2 rings (SSSR count). The van der Waals surface area contributed by atoms with Crippen LogP contribution < -0.4 is 0 Å². The van der Waals surface area contributed by atoms with Crippen LogP contribution in [0.1, 0.15) is 57.8 Å². The van der Waals surface area contributed by atoms with Gasteiger partial charge in [0.15, 0.2) is 0 Å². The lowest BCUT2D eigenvalue weighted by Crippen LogP contribution is -2.17. The fourth-order valence-electron chi connectivity index (χ4n) is 2.62. The van der Waals surface area contributed by atoms with E-state index in [9.17, 15) is 0 Å². The number of rotatable bonds is 2. The predicted molar refractivity (Wildman–Crippen MR) is 48.5 cm³/mol. The standard InChI is InChI=1S/C11H20/c1-2-5-10(6-3-1)9-11-7-4-8-11/h10-11H,1-9H2. The Hall–Kier alpha value is 0. The van der Waals surface area contributed by atoms with Crippen molar-refractivity contribution < 1.29 is 0 Å². The third-order valence-electron chi connectivity index (χ3n) is 3.62. The van der Waals surface area contributed by atoms with Crippen molar-refractivity contribution in [3.05, 3.63) is 0 Å². The van der Waals surface area contributed by atoms with Gasteiger partial charge in [0.25, 0.3) is 0 Å². The second-order valence-corrected chi connectivity index (χ2v) is 4.54. The second-order valence-electron chi connectivity index (χ2n) is 4.54. The highest BCUT2D eigenvalue weighted by molar-refractivity contribution is 4.75. The smallest absolute Gasteiger partial charge is 0.0412 e. The normalized spacial score (nSPS) is 28.4. The lowest BCUT2D eigenvalue weighted by atomic mass is 9.75. The zero-order valence-electron chi connectivity index (χ0n) is 7.52. The summed E-state index contributed by atoms with van der Waals surface area (Å²) in [5.74, 6) is 2.28. The molecule has 64 valence electrons. The van der Waals surface area contributed by atoms with Crippen LogP contribution in [-0.4, -0.2) is 0 Å². The molecule has 0 aromatic heterocycles. The maximum atomic E-state index is 1.58. The SMILES string of the molecule is C1CCC(CC2CCC2)CC1. The number of hydrogen-bond acceptors (Lipinski definition) is 0. The van der Waals surface area contributed by atoms with Crippen LogP contribution in [0.25, 0.3) is 0 Å². The van der Waals surface area contributed by atoms with E-state index in [0.29, 0.717) is 0 Å². The number of hydrogen-bond donors (Lipinski definition) is 0. The summed E-state index contributed by atoms with van der Waals surface area (Å²) >= 11 is 0. The molecule has 0 aromatic rings. The van der Waals surface area contributed by atoms with Crippen molar-refractivity contribution in [3.63, 3.8) is 0 Å². The predicted octanol–water partition coefficient (Wildman–Crippen LogP) is 3.76. The van der Waals surface area contributed by atoms with Crippen LogP contribution in [-0.2, 0) is 0 Å². The third kappa shape index (κ3) is 1.98. The van der Waals surface area contributed by atoms with Crippen molar-refractivity contribution in [2.24, 2.45) is 11.8 Å². The summed E-state index contributed by atoms with van der Waals surface area (Å²) in [6.07, 6.45) is 13.9. The van der Waals surface area contributed by atoms with Crippen LogP contribution in [0.15, 0.2) is 0 Å². The van der Waals surface area contributed by atoms with Gasteiger partial charge in [0.2, 0.25) is 0 Å². The first-order valence-corrected chi connectivity index (χ1v) is 5.45. The zero-order chi connectivity index (χ0) is 7.52. The Kier molecular flexibility index (Phi) is 2.50. The highest BCUT2D eigenvalue weighted by atomic mass is 14.3. The Morgan fingerprint density at radius 3 is 1.64 bits per heavy atom.